The molecule has 1 aliphatic rings. The molecule has 7 nitrogen and oxygen atoms in total. The first-order chi connectivity index (χ1) is 11.6. The number of nitrogens with one attached hydrogen (secondary N) is 1. The van der Waals surface area contributed by atoms with E-state index in [0.29, 0.717) is 12.1 Å². The molecule has 1 amide bonds. The van der Waals surface area contributed by atoms with Crippen LogP contribution in [0.15, 0.2) is 42.6 Å². The molecule has 1 saturated heterocycles. The van der Waals surface area contributed by atoms with Gasteiger partial charge in [0.15, 0.2) is 0 Å². The zero-order valence-corrected chi connectivity index (χ0v) is 13.1. The van der Waals surface area contributed by atoms with Crippen molar-refractivity contribution in [2.75, 3.05) is 18.0 Å². The SMILES string of the molecule is O=C(NCc1ccc(N2CCCC2)nc1)c1ccc([N+](=O)[O-])cc1. The second-order valence-corrected chi connectivity index (χ2v) is 5.71. The van der Waals surface area contributed by atoms with Crippen LogP contribution in [0.4, 0.5) is 11.5 Å². The number of hydrogen-bond acceptors (Lipinski definition) is 5. The maximum absolute atomic E-state index is 12.1. The molecule has 7 heteroatoms. The van der Waals surface area contributed by atoms with Crippen LogP contribution in [0, 0.1) is 10.1 Å². The Morgan fingerprint density at radius 2 is 1.88 bits per heavy atom. The topological polar surface area (TPSA) is 88.4 Å². The zero-order valence-electron chi connectivity index (χ0n) is 13.1. The fourth-order valence-corrected chi connectivity index (χ4v) is 2.67. The van der Waals surface area contributed by atoms with Gasteiger partial charge in [-0.05, 0) is 36.6 Å². The third-order valence-electron chi connectivity index (χ3n) is 4.03. The lowest BCUT2D eigenvalue weighted by molar-refractivity contribution is -0.384. The molecule has 24 heavy (non-hydrogen) atoms. The number of hydrogen-bond donors (Lipinski definition) is 1. The molecule has 3 rings (SSSR count). The van der Waals surface area contributed by atoms with Crippen molar-refractivity contribution in [3.8, 4) is 0 Å². The van der Waals surface area contributed by atoms with Crippen molar-refractivity contribution >= 4 is 17.4 Å². The van der Waals surface area contributed by atoms with Crippen molar-refractivity contribution in [2.24, 2.45) is 0 Å². The van der Waals surface area contributed by atoms with Gasteiger partial charge in [-0.15, -0.1) is 0 Å². The Morgan fingerprint density at radius 1 is 1.17 bits per heavy atom. The predicted octanol–water partition coefficient (Wildman–Crippen LogP) is 2.52. The van der Waals surface area contributed by atoms with Gasteiger partial charge in [0.05, 0.1) is 4.92 Å². The molecular formula is C17H18N4O3. The summed E-state index contributed by atoms with van der Waals surface area (Å²) in [5.41, 5.74) is 1.27. The highest BCUT2D eigenvalue weighted by molar-refractivity contribution is 5.94. The summed E-state index contributed by atoms with van der Waals surface area (Å²) >= 11 is 0. The Kier molecular flexibility index (Phi) is 4.69. The first kappa shape index (κ1) is 15.9. The van der Waals surface area contributed by atoms with Crippen LogP contribution in [0.1, 0.15) is 28.8 Å². The molecule has 2 aromatic rings. The summed E-state index contributed by atoms with van der Waals surface area (Å²) in [4.78, 5) is 28.9. The smallest absolute Gasteiger partial charge is 0.269 e. The Morgan fingerprint density at radius 3 is 2.46 bits per heavy atom. The van der Waals surface area contributed by atoms with Gasteiger partial charge < -0.3 is 10.2 Å². The maximum atomic E-state index is 12.1. The van der Waals surface area contributed by atoms with E-state index in [1.54, 1.807) is 6.20 Å². The van der Waals surface area contributed by atoms with E-state index in [1.165, 1.54) is 37.1 Å². The van der Waals surface area contributed by atoms with E-state index in [2.05, 4.69) is 15.2 Å². The van der Waals surface area contributed by atoms with Gasteiger partial charge in [-0.1, -0.05) is 6.07 Å². The third-order valence-corrected chi connectivity index (χ3v) is 4.03. The number of benzene rings is 1. The van der Waals surface area contributed by atoms with Crippen LogP contribution >= 0.6 is 0 Å². The van der Waals surface area contributed by atoms with Crippen LogP contribution < -0.4 is 10.2 Å². The lowest BCUT2D eigenvalue weighted by Gasteiger charge is -2.16. The molecule has 0 atom stereocenters. The average molecular weight is 326 g/mol. The summed E-state index contributed by atoms with van der Waals surface area (Å²) in [6, 6.07) is 9.46. The van der Waals surface area contributed by atoms with Gasteiger partial charge in [-0.2, -0.15) is 0 Å². The molecule has 0 bridgehead atoms. The minimum Gasteiger partial charge on any atom is -0.357 e. The second kappa shape index (κ2) is 7.08. The van der Waals surface area contributed by atoms with E-state index in [1.807, 2.05) is 12.1 Å². The number of aromatic nitrogens is 1. The van der Waals surface area contributed by atoms with Gasteiger partial charge in [0.2, 0.25) is 0 Å². The lowest BCUT2D eigenvalue weighted by Crippen LogP contribution is -2.23. The summed E-state index contributed by atoms with van der Waals surface area (Å²) in [6.45, 7) is 2.45. The number of pyridine rings is 1. The standard InChI is InChI=1S/C17H18N4O3/c22-17(14-4-6-15(7-5-14)21(23)24)19-12-13-3-8-16(18-11-13)20-9-1-2-10-20/h3-8,11H,1-2,9-10,12H2,(H,19,22). The number of rotatable bonds is 5. The summed E-state index contributed by atoms with van der Waals surface area (Å²) < 4.78 is 0. The van der Waals surface area contributed by atoms with Gasteiger partial charge in [0.25, 0.3) is 11.6 Å². The van der Waals surface area contributed by atoms with Crippen molar-refractivity contribution < 1.29 is 9.72 Å². The normalized spacial score (nSPS) is 13.8. The number of carbonyl (C=O) groups is 1. The van der Waals surface area contributed by atoms with Crippen LogP contribution in [0.25, 0.3) is 0 Å². The number of nitrogens with zero attached hydrogens (tertiary/aromatic N) is 3. The van der Waals surface area contributed by atoms with Gasteiger partial charge in [-0.25, -0.2) is 4.98 Å². The zero-order chi connectivity index (χ0) is 16.9. The fraction of sp³-hybridized carbons (Fsp3) is 0.294. The first-order valence-electron chi connectivity index (χ1n) is 7.86. The molecule has 1 aromatic carbocycles. The Balaban J connectivity index is 1.56. The van der Waals surface area contributed by atoms with Crippen molar-refractivity contribution in [1.29, 1.82) is 0 Å². The second-order valence-electron chi connectivity index (χ2n) is 5.71. The molecule has 1 aromatic heterocycles. The van der Waals surface area contributed by atoms with Gasteiger partial charge in [0.1, 0.15) is 5.82 Å². The summed E-state index contributed by atoms with van der Waals surface area (Å²) in [5.74, 6) is 0.700. The highest BCUT2D eigenvalue weighted by atomic mass is 16.6. The molecule has 124 valence electrons. The van der Waals surface area contributed by atoms with E-state index in [4.69, 9.17) is 0 Å². The first-order valence-corrected chi connectivity index (χ1v) is 7.86. The minimum atomic E-state index is -0.491. The molecular weight excluding hydrogens is 308 g/mol. The Hall–Kier alpha value is -2.96. The van der Waals surface area contributed by atoms with E-state index < -0.39 is 4.92 Å². The fourth-order valence-electron chi connectivity index (χ4n) is 2.67. The number of carbonyl (C=O) groups excluding carboxylic acids is 1. The molecule has 1 N–H and O–H groups in total. The van der Waals surface area contributed by atoms with E-state index in [0.717, 1.165) is 24.5 Å². The van der Waals surface area contributed by atoms with Crippen LogP contribution in [-0.2, 0) is 6.54 Å². The average Bonchev–Trinajstić information content (AvgIpc) is 3.15. The van der Waals surface area contributed by atoms with E-state index in [-0.39, 0.29) is 11.6 Å². The summed E-state index contributed by atoms with van der Waals surface area (Å²) in [6.07, 6.45) is 4.17. The van der Waals surface area contributed by atoms with Crippen LogP contribution in [0.3, 0.4) is 0 Å². The monoisotopic (exact) mass is 326 g/mol. The minimum absolute atomic E-state index is 0.0340. The molecule has 1 fully saturated rings. The van der Waals surface area contributed by atoms with Crippen molar-refractivity contribution in [3.05, 3.63) is 63.8 Å². The summed E-state index contributed by atoms with van der Waals surface area (Å²) in [5, 5.41) is 13.4. The highest BCUT2D eigenvalue weighted by Gasteiger charge is 2.13. The molecule has 2 heterocycles. The van der Waals surface area contributed by atoms with Crippen molar-refractivity contribution in [1.82, 2.24) is 10.3 Å². The van der Waals surface area contributed by atoms with Crippen LogP contribution in [0.2, 0.25) is 0 Å². The molecule has 0 unspecified atom stereocenters. The third kappa shape index (κ3) is 3.68. The number of amides is 1. The Bertz CT molecular complexity index is 723. The largest absolute Gasteiger partial charge is 0.357 e. The number of nitro benzene ring substituents is 1. The van der Waals surface area contributed by atoms with Crippen molar-refractivity contribution in [3.63, 3.8) is 0 Å². The molecule has 0 aliphatic carbocycles. The van der Waals surface area contributed by atoms with Crippen LogP contribution in [-0.4, -0.2) is 28.9 Å². The van der Waals surface area contributed by atoms with E-state index in [9.17, 15) is 14.9 Å². The van der Waals surface area contributed by atoms with Gasteiger partial charge >= 0.3 is 0 Å². The van der Waals surface area contributed by atoms with Gasteiger partial charge in [-0.3, -0.25) is 14.9 Å². The lowest BCUT2D eigenvalue weighted by atomic mass is 10.2. The van der Waals surface area contributed by atoms with Crippen molar-refractivity contribution in [2.45, 2.75) is 19.4 Å². The molecule has 1 aliphatic heterocycles. The molecule has 0 saturated carbocycles. The maximum Gasteiger partial charge on any atom is 0.269 e. The summed E-state index contributed by atoms with van der Waals surface area (Å²) in [7, 11) is 0. The Labute approximate surface area is 139 Å². The quantitative estimate of drug-likeness (QED) is 0.674. The number of anilines is 1. The van der Waals surface area contributed by atoms with Crippen LogP contribution in [0.5, 0.6) is 0 Å². The van der Waals surface area contributed by atoms with E-state index >= 15 is 0 Å². The highest BCUT2D eigenvalue weighted by Crippen LogP contribution is 2.17. The van der Waals surface area contributed by atoms with Gasteiger partial charge in [0, 0.05) is 43.5 Å². The number of nitro groups is 1. The molecule has 0 radical (unpaired) electrons. The number of non-ortho nitro benzene ring substituents is 1. The predicted molar refractivity (Wildman–Crippen MR) is 90.0 cm³/mol. The molecule has 0 spiro atoms.